The van der Waals surface area contributed by atoms with E-state index in [1.807, 2.05) is 30.3 Å². The number of rotatable bonds is 9. The number of hydrogen-bond acceptors (Lipinski definition) is 9. The predicted octanol–water partition coefficient (Wildman–Crippen LogP) is 6.53. The molecule has 1 aliphatic heterocycles. The Kier molecular flexibility index (Phi) is 9.40. The van der Waals surface area contributed by atoms with E-state index in [0.717, 1.165) is 0 Å². The van der Waals surface area contributed by atoms with Gasteiger partial charge in [-0.3, -0.25) is 9.69 Å². The third kappa shape index (κ3) is 6.56. The number of benzene rings is 4. The van der Waals surface area contributed by atoms with Crippen LogP contribution in [0.5, 0.6) is 23.0 Å². The summed E-state index contributed by atoms with van der Waals surface area (Å²) < 4.78 is 10.5. The average Bonchev–Trinajstić information content (AvgIpc) is 3.10. The van der Waals surface area contributed by atoms with Crippen molar-refractivity contribution in [1.82, 2.24) is 0 Å². The van der Waals surface area contributed by atoms with Crippen molar-refractivity contribution in [3.05, 3.63) is 148 Å². The Bertz CT molecular complexity index is 2030. The molecule has 1 heterocycles. The lowest BCUT2D eigenvalue weighted by Crippen LogP contribution is -2.36. The molecular formula is C38H30N4O5. The lowest BCUT2D eigenvalue weighted by atomic mass is 9.78. The van der Waals surface area contributed by atoms with Crippen molar-refractivity contribution in [2.24, 2.45) is 5.73 Å². The van der Waals surface area contributed by atoms with Crippen molar-refractivity contribution in [2.75, 3.05) is 19.1 Å². The molecule has 0 aromatic heterocycles. The zero-order chi connectivity index (χ0) is 33.5. The summed E-state index contributed by atoms with van der Waals surface area (Å²) in [5.74, 6) is -0.690. The third-order valence-electron chi connectivity index (χ3n) is 7.65. The summed E-state index contributed by atoms with van der Waals surface area (Å²) in [4.78, 5) is 16.1. The monoisotopic (exact) mass is 622 g/mol. The fourth-order valence-corrected chi connectivity index (χ4v) is 5.34. The quantitative estimate of drug-likeness (QED) is 0.177. The Morgan fingerprint density at radius 1 is 0.809 bits per heavy atom. The van der Waals surface area contributed by atoms with E-state index in [0.29, 0.717) is 33.6 Å². The summed E-state index contributed by atoms with van der Waals surface area (Å²) in [5, 5.41) is 40.1. The standard InChI is InChI=1S/C38H30N4O5/c1-46-34-20-24(11-17-31(34)43)10-16-30-37(33(45)19-13-25-12-18-32(44)35(21-25)47-2)36(27-14-8-26(22-39)9-15-27)29(23-40)38(41)42(30)28-6-4-3-5-7-28/h3-21,36,43-44H,41H2,1-2H3. The summed E-state index contributed by atoms with van der Waals surface area (Å²) in [6.45, 7) is 0. The molecule has 0 fully saturated rings. The molecule has 4 N–H and O–H groups in total. The van der Waals surface area contributed by atoms with Crippen LogP contribution >= 0.6 is 0 Å². The smallest absolute Gasteiger partial charge is 0.184 e. The van der Waals surface area contributed by atoms with Crippen LogP contribution in [0.15, 0.2) is 126 Å². The van der Waals surface area contributed by atoms with E-state index in [4.69, 9.17) is 15.2 Å². The van der Waals surface area contributed by atoms with Crippen LogP contribution in [-0.2, 0) is 4.79 Å². The molecule has 0 radical (unpaired) electrons. The minimum Gasteiger partial charge on any atom is -0.504 e. The van der Waals surface area contributed by atoms with Gasteiger partial charge < -0.3 is 25.4 Å². The minimum absolute atomic E-state index is 0.0222. The van der Waals surface area contributed by atoms with Gasteiger partial charge in [-0.25, -0.2) is 0 Å². The Hall–Kier alpha value is -6.71. The lowest BCUT2D eigenvalue weighted by molar-refractivity contribution is -0.111. The van der Waals surface area contributed by atoms with Crippen molar-refractivity contribution < 1.29 is 24.5 Å². The maximum atomic E-state index is 14.4. The predicted molar refractivity (Wildman–Crippen MR) is 179 cm³/mol. The summed E-state index contributed by atoms with van der Waals surface area (Å²) in [6.07, 6.45) is 6.49. The molecule has 0 saturated carbocycles. The molecule has 0 spiro atoms. The van der Waals surface area contributed by atoms with Gasteiger partial charge in [0.25, 0.3) is 0 Å². The normalized spacial score (nSPS) is 14.7. The number of allylic oxidation sites excluding steroid dienone is 4. The molecule has 232 valence electrons. The second-order valence-electron chi connectivity index (χ2n) is 10.4. The summed E-state index contributed by atoms with van der Waals surface area (Å²) in [7, 11) is 2.89. The number of nitriles is 2. The molecule has 0 aliphatic carbocycles. The first-order valence-electron chi connectivity index (χ1n) is 14.4. The van der Waals surface area contributed by atoms with Gasteiger partial charge in [-0.1, -0.05) is 54.6 Å². The Morgan fingerprint density at radius 3 is 1.96 bits per heavy atom. The van der Waals surface area contributed by atoms with Crippen LogP contribution in [0.1, 0.15) is 28.2 Å². The molecule has 1 aliphatic rings. The molecule has 47 heavy (non-hydrogen) atoms. The van der Waals surface area contributed by atoms with Crippen LogP contribution in [0.4, 0.5) is 5.69 Å². The number of phenols is 2. The number of nitrogens with zero attached hydrogens (tertiary/aromatic N) is 3. The van der Waals surface area contributed by atoms with Crippen LogP contribution in [0.3, 0.4) is 0 Å². The average molecular weight is 623 g/mol. The van der Waals surface area contributed by atoms with E-state index in [-0.39, 0.29) is 40.0 Å². The number of ether oxygens (including phenoxy) is 2. The highest BCUT2D eigenvalue weighted by Crippen LogP contribution is 2.44. The van der Waals surface area contributed by atoms with Crippen LogP contribution in [0.2, 0.25) is 0 Å². The second kappa shape index (κ2) is 13.9. The van der Waals surface area contributed by atoms with E-state index in [9.17, 15) is 25.5 Å². The Morgan fingerprint density at radius 2 is 1.40 bits per heavy atom. The third-order valence-corrected chi connectivity index (χ3v) is 7.65. The van der Waals surface area contributed by atoms with E-state index in [1.54, 1.807) is 71.7 Å². The maximum absolute atomic E-state index is 14.4. The van der Waals surface area contributed by atoms with Crippen molar-refractivity contribution >= 4 is 23.6 Å². The number of ketones is 1. The van der Waals surface area contributed by atoms with Gasteiger partial charge in [0.1, 0.15) is 5.82 Å². The number of nitrogens with two attached hydrogens (primary N) is 1. The highest BCUT2D eigenvalue weighted by molar-refractivity contribution is 6.10. The molecule has 9 heteroatoms. The largest absolute Gasteiger partial charge is 0.504 e. The second-order valence-corrected chi connectivity index (χ2v) is 10.4. The molecule has 4 aromatic rings. The number of anilines is 1. The number of aromatic hydroxyl groups is 2. The Balaban J connectivity index is 1.77. The van der Waals surface area contributed by atoms with Gasteiger partial charge in [-0.2, -0.15) is 10.5 Å². The zero-order valence-electron chi connectivity index (χ0n) is 25.6. The molecule has 0 bridgehead atoms. The highest BCUT2D eigenvalue weighted by atomic mass is 16.5. The molecule has 1 unspecified atom stereocenters. The van der Waals surface area contributed by atoms with Crippen molar-refractivity contribution in [3.63, 3.8) is 0 Å². The van der Waals surface area contributed by atoms with Crippen molar-refractivity contribution in [2.45, 2.75) is 5.92 Å². The van der Waals surface area contributed by atoms with Gasteiger partial charge in [-0.05, 0) is 77.4 Å². The number of carbonyl (C=O) groups is 1. The summed E-state index contributed by atoms with van der Waals surface area (Å²) in [6, 6.07) is 29.7. The highest BCUT2D eigenvalue weighted by Gasteiger charge is 2.37. The molecule has 5 rings (SSSR count). The van der Waals surface area contributed by atoms with Gasteiger partial charge in [0, 0.05) is 11.3 Å². The van der Waals surface area contributed by atoms with Gasteiger partial charge in [0.2, 0.25) is 0 Å². The van der Waals surface area contributed by atoms with Crippen LogP contribution in [0, 0.1) is 22.7 Å². The van der Waals surface area contributed by atoms with Gasteiger partial charge >= 0.3 is 0 Å². The molecule has 0 saturated heterocycles. The Labute approximate surface area is 272 Å². The summed E-state index contributed by atoms with van der Waals surface area (Å²) >= 11 is 0. The molecule has 1 atom stereocenters. The van der Waals surface area contributed by atoms with E-state index >= 15 is 0 Å². The number of carbonyl (C=O) groups excluding carboxylic acids is 1. The van der Waals surface area contributed by atoms with Crippen LogP contribution < -0.4 is 20.1 Å². The van der Waals surface area contributed by atoms with Crippen molar-refractivity contribution in [1.29, 1.82) is 10.5 Å². The molecule has 4 aromatic carbocycles. The van der Waals surface area contributed by atoms with E-state index in [2.05, 4.69) is 12.1 Å². The SMILES string of the molecule is COc1cc(C=CC(=O)C2=C(C=Cc3ccc(O)c(OC)c3)N(c3ccccc3)C(N)=C(C#N)C2c2ccc(C#N)cc2)ccc1O. The van der Waals surface area contributed by atoms with Gasteiger partial charge in [0.05, 0.1) is 49.1 Å². The van der Waals surface area contributed by atoms with E-state index < -0.39 is 11.7 Å². The fourth-order valence-electron chi connectivity index (χ4n) is 5.34. The number of phenolic OH excluding ortho intramolecular Hbond substituents is 2. The van der Waals surface area contributed by atoms with Crippen LogP contribution in [-0.4, -0.2) is 30.2 Å². The first-order valence-corrected chi connectivity index (χ1v) is 14.4. The molecular weight excluding hydrogens is 592 g/mol. The first-order chi connectivity index (χ1) is 22.8. The van der Waals surface area contributed by atoms with Crippen molar-refractivity contribution in [3.8, 4) is 35.1 Å². The van der Waals surface area contributed by atoms with E-state index in [1.165, 1.54) is 32.4 Å². The number of para-hydroxylation sites is 1. The topological polar surface area (TPSA) is 153 Å². The molecule has 0 amide bonds. The fraction of sp³-hybridized carbons (Fsp3) is 0.0789. The minimum atomic E-state index is -0.881. The maximum Gasteiger partial charge on any atom is 0.184 e. The van der Waals surface area contributed by atoms with Gasteiger partial charge in [-0.15, -0.1) is 0 Å². The first kappa shape index (κ1) is 31.7. The van der Waals surface area contributed by atoms with Gasteiger partial charge in [0.15, 0.2) is 28.8 Å². The number of methoxy groups -OCH3 is 2. The zero-order valence-corrected chi connectivity index (χ0v) is 25.6. The summed E-state index contributed by atoms with van der Waals surface area (Å²) in [5.41, 5.74) is 10.5. The van der Waals surface area contributed by atoms with Crippen LogP contribution in [0.25, 0.3) is 12.2 Å². The molecule has 9 nitrogen and oxygen atoms in total. The number of hydrogen-bond donors (Lipinski definition) is 3. The lowest BCUT2D eigenvalue weighted by Gasteiger charge is -2.36.